The van der Waals surface area contributed by atoms with Crippen LogP contribution >= 0.6 is 0 Å². The molecule has 0 saturated carbocycles. The molecule has 0 heterocycles. The summed E-state index contributed by atoms with van der Waals surface area (Å²) in [5, 5.41) is 11.4. The lowest BCUT2D eigenvalue weighted by atomic mass is 10.0. The van der Waals surface area contributed by atoms with Crippen molar-refractivity contribution < 1.29 is 14.7 Å². The van der Waals surface area contributed by atoms with Crippen molar-refractivity contribution in [1.29, 1.82) is 0 Å². The first-order valence-corrected chi connectivity index (χ1v) is 6.05. The Morgan fingerprint density at radius 2 is 1.81 bits per heavy atom. The molecule has 1 atom stereocenters. The average Bonchev–Trinajstić information content (AvgIpc) is 2.19. The fraction of sp³-hybridized carbons (Fsp3) is 0.833. The zero-order valence-electron chi connectivity index (χ0n) is 10.3. The first-order valence-electron chi connectivity index (χ1n) is 6.05. The van der Waals surface area contributed by atoms with E-state index in [4.69, 9.17) is 5.11 Å². The Morgan fingerprint density at radius 1 is 1.19 bits per heavy atom. The van der Waals surface area contributed by atoms with E-state index in [-0.39, 0.29) is 18.4 Å². The van der Waals surface area contributed by atoms with Gasteiger partial charge in [0.15, 0.2) is 0 Å². The molecule has 0 aromatic rings. The fourth-order valence-corrected chi connectivity index (χ4v) is 1.69. The third kappa shape index (κ3) is 9.49. The van der Waals surface area contributed by atoms with Crippen LogP contribution < -0.4 is 5.32 Å². The van der Waals surface area contributed by atoms with Gasteiger partial charge in [-0.15, -0.1) is 0 Å². The Balaban J connectivity index is 3.72. The monoisotopic (exact) mass is 229 g/mol. The van der Waals surface area contributed by atoms with Gasteiger partial charge in [-0.05, 0) is 19.3 Å². The number of carboxylic acids is 1. The van der Waals surface area contributed by atoms with Gasteiger partial charge in [0.2, 0.25) is 5.91 Å². The number of carbonyl (C=O) groups excluding carboxylic acids is 1. The summed E-state index contributed by atoms with van der Waals surface area (Å²) in [6, 6.07) is 0.214. The minimum absolute atomic E-state index is 0.000613. The molecule has 0 rings (SSSR count). The Hall–Kier alpha value is -1.06. The highest BCUT2D eigenvalue weighted by molar-refractivity contribution is 5.73. The van der Waals surface area contributed by atoms with Gasteiger partial charge in [0.1, 0.15) is 0 Å². The van der Waals surface area contributed by atoms with Crippen LogP contribution in [0.3, 0.4) is 0 Å². The van der Waals surface area contributed by atoms with Gasteiger partial charge in [-0.2, -0.15) is 0 Å². The van der Waals surface area contributed by atoms with Gasteiger partial charge in [-0.1, -0.05) is 26.2 Å². The third-order valence-electron chi connectivity index (χ3n) is 2.51. The molecule has 94 valence electrons. The predicted octanol–water partition coefficient (Wildman–Crippen LogP) is 2.33. The van der Waals surface area contributed by atoms with E-state index in [2.05, 4.69) is 12.2 Å². The Bertz CT molecular complexity index is 216. The maximum absolute atomic E-state index is 11.0. The van der Waals surface area contributed by atoms with Gasteiger partial charge in [0, 0.05) is 19.4 Å². The second kappa shape index (κ2) is 9.19. The average molecular weight is 229 g/mol. The summed E-state index contributed by atoms with van der Waals surface area (Å²) >= 11 is 0. The number of carboxylic acid groups (broad SMARTS) is 1. The smallest absolute Gasteiger partial charge is 0.303 e. The minimum Gasteiger partial charge on any atom is -0.481 e. The van der Waals surface area contributed by atoms with Crippen molar-refractivity contribution in [3.8, 4) is 0 Å². The van der Waals surface area contributed by atoms with E-state index in [1.54, 1.807) is 0 Å². The molecule has 4 nitrogen and oxygen atoms in total. The van der Waals surface area contributed by atoms with E-state index < -0.39 is 5.97 Å². The number of aliphatic carboxylic acids is 1. The number of carbonyl (C=O) groups is 2. The lowest BCUT2D eigenvalue weighted by Gasteiger charge is -2.17. The molecule has 0 spiro atoms. The molecule has 0 saturated heterocycles. The SMILES string of the molecule is CCCCC(CCCCC(=O)O)NC(C)=O. The molecule has 16 heavy (non-hydrogen) atoms. The number of rotatable bonds is 9. The summed E-state index contributed by atoms with van der Waals surface area (Å²) in [5.41, 5.74) is 0. The lowest BCUT2D eigenvalue weighted by molar-refractivity contribution is -0.137. The van der Waals surface area contributed by atoms with Crippen molar-refractivity contribution in [1.82, 2.24) is 5.32 Å². The highest BCUT2D eigenvalue weighted by atomic mass is 16.4. The summed E-state index contributed by atoms with van der Waals surface area (Å²) in [5.74, 6) is -0.746. The predicted molar refractivity (Wildman–Crippen MR) is 63.2 cm³/mol. The summed E-state index contributed by atoms with van der Waals surface area (Å²) < 4.78 is 0. The molecule has 0 aromatic carbocycles. The van der Waals surface area contributed by atoms with E-state index in [9.17, 15) is 9.59 Å². The van der Waals surface area contributed by atoms with Crippen LogP contribution in [0.2, 0.25) is 0 Å². The van der Waals surface area contributed by atoms with Crippen molar-refractivity contribution in [2.45, 2.75) is 64.8 Å². The summed E-state index contributed by atoms with van der Waals surface area (Å²) in [7, 11) is 0. The maximum atomic E-state index is 11.0. The molecule has 0 aromatic heterocycles. The molecule has 2 N–H and O–H groups in total. The number of nitrogens with one attached hydrogen (secondary N) is 1. The molecule has 0 aliphatic rings. The van der Waals surface area contributed by atoms with E-state index in [1.807, 2.05) is 0 Å². The van der Waals surface area contributed by atoms with Crippen LogP contribution in [0.4, 0.5) is 0 Å². The van der Waals surface area contributed by atoms with Crippen LogP contribution in [0, 0.1) is 0 Å². The van der Waals surface area contributed by atoms with Gasteiger partial charge in [-0.3, -0.25) is 9.59 Å². The van der Waals surface area contributed by atoms with Crippen molar-refractivity contribution in [2.24, 2.45) is 0 Å². The van der Waals surface area contributed by atoms with E-state index in [1.165, 1.54) is 6.92 Å². The van der Waals surface area contributed by atoms with Crippen LogP contribution in [0.15, 0.2) is 0 Å². The van der Waals surface area contributed by atoms with Gasteiger partial charge >= 0.3 is 5.97 Å². The molecule has 0 fully saturated rings. The third-order valence-corrected chi connectivity index (χ3v) is 2.51. The molecule has 0 aliphatic heterocycles. The molecular weight excluding hydrogens is 206 g/mol. The van der Waals surface area contributed by atoms with Crippen molar-refractivity contribution >= 4 is 11.9 Å². The van der Waals surface area contributed by atoms with Gasteiger partial charge in [0.25, 0.3) is 0 Å². The minimum atomic E-state index is -0.746. The first-order chi connectivity index (χ1) is 7.56. The molecule has 1 unspecified atom stereocenters. The molecule has 1 amide bonds. The fourth-order valence-electron chi connectivity index (χ4n) is 1.69. The van der Waals surface area contributed by atoms with Crippen LogP contribution in [0.1, 0.15) is 58.8 Å². The number of amides is 1. The van der Waals surface area contributed by atoms with Gasteiger partial charge < -0.3 is 10.4 Å². The Labute approximate surface area is 97.4 Å². The normalized spacial score (nSPS) is 12.1. The van der Waals surface area contributed by atoms with Crippen LogP contribution in [-0.2, 0) is 9.59 Å². The summed E-state index contributed by atoms with van der Waals surface area (Å²) in [4.78, 5) is 21.3. The summed E-state index contributed by atoms with van der Waals surface area (Å²) in [6.45, 7) is 3.64. The van der Waals surface area contributed by atoms with Gasteiger partial charge in [0.05, 0.1) is 0 Å². The number of hydrogen-bond acceptors (Lipinski definition) is 2. The maximum Gasteiger partial charge on any atom is 0.303 e. The van der Waals surface area contributed by atoms with Crippen LogP contribution in [0.25, 0.3) is 0 Å². The van der Waals surface area contributed by atoms with Crippen molar-refractivity contribution in [3.63, 3.8) is 0 Å². The molecule has 0 aliphatic carbocycles. The topological polar surface area (TPSA) is 66.4 Å². The second-order valence-corrected chi connectivity index (χ2v) is 4.18. The Kier molecular flexibility index (Phi) is 8.58. The highest BCUT2D eigenvalue weighted by Crippen LogP contribution is 2.10. The number of hydrogen-bond donors (Lipinski definition) is 2. The quantitative estimate of drug-likeness (QED) is 0.596. The second-order valence-electron chi connectivity index (χ2n) is 4.18. The zero-order chi connectivity index (χ0) is 12.4. The van der Waals surface area contributed by atoms with Crippen molar-refractivity contribution in [3.05, 3.63) is 0 Å². The van der Waals surface area contributed by atoms with Crippen LogP contribution in [-0.4, -0.2) is 23.0 Å². The summed E-state index contributed by atoms with van der Waals surface area (Å²) in [6.07, 6.45) is 5.87. The van der Waals surface area contributed by atoms with E-state index in [0.717, 1.165) is 32.1 Å². The molecule has 0 radical (unpaired) electrons. The van der Waals surface area contributed by atoms with Crippen molar-refractivity contribution in [2.75, 3.05) is 0 Å². The number of unbranched alkanes of at least 4 members (excludes halogenated alkanes) is 2. The van der Waals surface area contributed by atoms with Crippen LogP contribution in [0.5, 0.6) is 0 Å². The molecular formula is C12H23NO3. The molecule has 4 heteroatoms. The first kappa shape index (κ1) is 14.9. The zero-order valence-corrected chi connectivity index (χ0v) is 10.3. The largest absolute Gasteiger partial charge is 0.481 e. The van der Waals surface area contributed by atoms with E-state index >= 15 is 0 Å². The standard InChI is InChI=1S/C12H23NO3/c1-3-4-7-11(13-10(2)14)8-5-6-9-12(15)16/h11H,3-9H2,1-2H3,(H,13,14)(H,15,16). The highest BCUT2D eigenvalue weighted by Gasteiger charge is 2.09. The molecule has 0 bridgehead atoms. The Morgan fingerprint density at radius 3 is 2.31 bits per heavy atom. The lowest BCUT2D eigenvalue weighted by Crippen LogP contribution is -2.32. The van der Waals surface area contributed by atoms with E-state index in [0.29, 0.717) is 6.42 Å². The van der Waals surface area contributed by atoms with Gasteiger partial charge in [-0.25, -0.2) is 0 Å².